The van der Waals surface area contributed by atoms with Gasteiger partial charge >= 0.3 is 5.97 Å². The number of rotatable bonds is 6. The highest BCUT2D eigenvalue weighted by atomic mass is 127. The molecule has 26 heavy (non-hydrogen) atoms. The molecule has 1 amide bonds. The van der Waals surface area contributed by atoms with Crippen molar-refractivity contribution in [3.8, 4) is 5.75 Å². The molecule has 0 saturated heterocycles. The minimum Gasteiger partial charge on any atom is -0.487 e. The predicted molar refractivity (Wildman–Crippen MR) is 115 cm³/mol. The Morgan fingerprint density at radius 1 is 1.19 bits per heavy atom. The Morgan fingerprint density at radius 3 is 2.27 bits per heavy atom. The van der Waals surface area contributed by atoms with E-state index in [1.54, 1.807) is 12.1 Å². The maximum atomic E-state index is 11.2. The molecule has 0 atom stereocenters. The van der Waals surface area contributed by atoms with E-state index in [-0.39, 0.29) is 5.70 Å². The highest BCUT2D eigenvalue weighted by Crippen LogP contribution is 2.36. The zero-order valence-electron chi connectivity index (χ0n) is 13.6. The summed E-state index contributed by atoms with van der Waals surface area (Å²) < 4.78 is 8.34. The molecule has 5 nitrogen and oxygen atoms in total. The van der Waals surface area contributed by atoms with Crippen molar-refractivity contribution in [3.05, 3.63) is 65.7 Å². The van der Waals surface area contributed by atoms with Gasteiger partial charge in [0, 0.05) is 10.5 Å². The Labute approximate surface area is 181 Å². The van der Waals surface area contributed by atoms with Gasteiger partial charge in [0.1, 0.15) is 18.1 Å². The van der Waals surface area contributed by atoms with Gasteiger partial charge in [0.15, 0.2) is 0 Å². The van der Waals surface area contributed by atoms with Gasteiger partial charge in [-0.1, -0.05) is 12.1 Å². The van der Waals surface area contributed by atoms with E-state index in [0.717, 1.165) is 9.13 Å². The van der Waals surface area contributed by atoms with Crippen LogP contribution >= 0.6 is 54.5 Å². The maximum absolute atomic E-state index is 11.2. The van der Waals surface area contributed by atoms with E-state index in [0.29, 0.717) is 26.9 Å². The number of hydrogen-bond donors (Lipinski definition) is 2. The number of ether oxygens (including phenoxy) is 1. The summed E-state index contributed by atoms with van der Waals surface area (Å²) in [6, 6.07) is 11.4. The lowest BCUT2D eigenvalue weighted by molar-refractivity contribution is -0.134. The Hall–Kier alpha value is -1.39. The fraction of sp³-hybridized carbons (Fsp3) is 0.111. The number of carbonyl (C=O) groups is 2. The van der Waals surface area contributed by atoms with E-state index in [9.17, 15) is 14.7 Å². The topological polar surface area (TPSA) is 75.6 Å². The fourth-order valence-corrected chi connectivity index (χ4v) is 3.85. The van der Waals surface area contributed by atoms with E-state index < -0.39 is 11.9 Å². The SMILES string of the molecule is CC(=O)NC(=Cc1cc(Br)c(OCc2ccc(I)cc2)c(Br)c1)C(=O)O. The van der Waals surface area contributed by atoms with Gasteiger partial charge in [0.05, 0.1) is 8.95 Å². The highest BCUT2D eigenvalue weighted by Gasteiger charge is 2.12. The second-order valence-corrected chi connectivity index (χ2v) is 8.23. The van der Waals surface area contributed by atoms with Crippen molar-refractivity contribution >= 4 is 72.4 Å². The average molecular weight is 595 g/mol. The summed E-state index contributed by atoms with van der Waals surface area (Å²) in [6.45, 7) is 1.65. The summed E-state index contributed by atoms with van der Waals surface area (Å²) in [5.74, 6) is -1.06. The molecule has 8 heteroatoms. The summed E-state index contributed by atoms with van der Waals surface area (Å²) in [5, 5.41) is 11.5. The third kappa shape index (κ3) is 6.10. The Kier molecular flexibility index (Phi) is 7.66. The zero-order chi connectivity index (χ0) is 19.3. The smallest absolute Gasteiger partial charge is 0.352 e. The highest BCUT2D eigenvalue weighted by molar-refractivity contribution is 14.1. The first-order chi connectivity index (χ1) is 12.3. The van der Waals surface area contributed by atoms with Crippen LogP contribution in [0.25, 0.3) is 6.08 Å². The number of hydrogen-bond acceptors (Lipinski definition) is 3. The molecule has 2 N–H and O–H groups in total. The Balaban J connectivity index is 2.22. The first-order valence-corrected chi connectivity index (χ1v) is 10.0. The second-order valence-electron chi connectivity index (χ2n) is 5.27. The molecule has 0 fully saturated rings. The van der Waals surface area contributed by atoms with Gasteiger partial charge in [0.2, 0.25) is 5.91 Å². The molecule has 0 bridgehead atoms. The van der Waals surface area contributed by atoms with E-state index in [2.05, 4.69) is 59.8 Å². The lowest BCUT2D eigenvalue weighted by Crippen LogP contribution is -2.24. The van der Waals surface area contributed by atoms with Crippen molar-refractivity contribution in [2.75, 3.05) is 0 Å². The molecule has 0 spiro atoms. The molecule has 2 rings (SSSR count). The van der Waals surface area contributed by atoms with Gasteiger partial charge in [-0.3, -0.25) is 4.79 Å². The van der Waals surface area contributed by atoms with Crippen LogP contribution < -0.4 is 10.1 Å². The lowest BCUT2D eigenvalue weighted by atomic mass is 10.2. The summed E-state index contributed by atoms with van der Waals surface area (Å²) in [6.07, 6.45) is 1.38. The van der Waals surface area contributed by atoms with Crippen molar-refractivity contribution in [3.63, 3.8) is 0 Å². The van der Waals surface area contributed by atoms with E-state index in [1.807, 2.05) is 24.3 Å². The van der Waals surface area contributed by atoms with Gasteiger partial charge in [-0.05, 0) is 95.9 Å². The van der Waals surface area contributed by atoms with Crippen LogP contribution in [0, 0.1) is 3.57 Å². The molecule has 0 aliphatic carbocycles. The summed E-state index contributed by atoms with van der Waals surface area (Å²) >= 11 is 9.12. The minimum absolute atomic E-state index is 0.205. The number of benzene rings is 2. The molecule has 136 valence electrons. The van der Waals surface area contributed by atoms with Crippen LogP contribution in [-0.2, 0) is 16.2 Å². The van der Waals surface area contributed by atoms with Gasteiger partial charge < -0.3 is 15.2 Å². The minimum atomic E-state index is -1.22. The summed E-state index contributed by atoms with van der Waals surface area (Å²) in [4.78, 5) is 22.4. The van der Waals surface area contributed by atoms with Crippen LogP contribution in [-0.4, -0.2) is 17.0 Å². The van der Waals surface area contributed by atoms with E-state index in [1.165, 1.54) is 13.0 Å². The van der Waals surface area contributed by atoms with Crippen LogP contribution in [0.3, 0.4) is 0 Å². The van der Waals surface area contributed by atoms with Crippen molar-refractivity contribution in [1.82, 2.24) is 5.32 Å². The first kappa shape index (κ1) is 20.9. The molecule has 2 aromatic carbocycles. The maximum Gasteiger partial charge on any atom is 0.352 e. The quantitative estimate of drug-likeness (QED) is 0.366. The summed E-state index contributed by atoms with van der Waals surface area (Å²) in [5.41, 5.74) is 1.42. The number of halogens is 3. The second kappa shape index (κ2) is 9.52. The van der Waals surface area contributed by atoms with Crippen molar-refractivity contribution in [2.45, 2.75) is 13.5 Å². The fourth-order valence-electron chi connectivity index (χ4n) is 2.04. The predicted octanol–water partition coefficient (Wildman–Crippen LogP) is 4.96. The number of amides is 1. The van der Waals surface area contributed by atoms with Crippen LogP contribution in [0.1, 0.15) is 18.1 Å². The third-order valence-electron chi connectivity index (χ3n) is 3.17. The third-order valence-corrected chi connectivity index (χ3v) is 5.07. The molecule has 0 radical (unpaired) electrons. The molecule has 0 unspecified atom stereocenters. The standard InChI is InChI=1S/C18H14Br2INO4/c1-10(23)22-16(18(24)25)8-12-6-14(19)17(15(20)7-12)26-9-11-2-4-13(21)5-3-11/h2-8H,9H2,1H3,(H,22,23)(H,24,25). The molecule has 0 heterocycles. The number of carboxylic acid groups (broad SMARTS) is 1. The average Bonchev–Trinajstić information content (AvgIpc) is 2.54. The van der Waals surface area contributed by atoms with Crippen LogP contribution in [0.15, 0.2) is 51.0 Å². The number of carbonyl (C=O) groups excluding carboxylic acids is 1. The number of nitrogens with one attached hydrogen (secondary N) is 1. The van der Waals surface area contributed by atoms with Gasteiger partial charge in [-0.25, -0.2) is 4.79 Å². The number of carboxylic acids is 1. The molecule has 2 aromatic rings. The van der Waals surface area contributed by atoms with E-state index in [4.69, 9.17) is 4.74 Å². The zero-order valence-corrected chi connectivity index (χ0v) is 18.9. The molecule has 0 aliphatic heterocycles. The molecular weight excluding hydrogens is 581 g/mol. The molecule has 0 aliphatic rings. The van der Waals surface area contributed by atoms with Gasteiger partial charge in [-0.15, -0.1) is 0 Å². The van der Waals surface area contributed by atoms with Crippen LogP contribution in [0.2, 0.25) is 0 Å². The Bertz CT molecular complexity index is 843. The van der Waals surface area contributed by atoms with Gasteiger partial charge in [-0.2, -0.15) is 0 Å². The number of aliphatic carboxylic acids is 1. The van der Waals surface area contributed by atoms with Crippen molar-refractivity contribution in [1.29, 1.82) is 0 Å². The van der Waals surface area contributed by atoms with Crippen LogP contribution in [0.5, 0.6) is 5.75 Å². The van der Waals surface area contributed by atoms with Crippen molar-refractivity contribution < 1.29 is 19.4 Å². The van der Waals surface area contributed by atoms with E-state index >= 15 is 0 Å². The van der Waals surface area contributed by atoms with Gasteiger partial charge in [0.25, 0.3) is 0 Å². The van der Waals surface area contributed by atoms with Crippen molar-refractivity contribution in [2.24, 2.45) is 0 Å². The Morgan fingerprint density at radius 2 is 1.77 bits per heavy atom. The molecule has 0 saturated carbocycles. The monoisotopic (exact) mass is 593 g/mol. The summed E-state index contributed by atoms with van der Waals surface area (Å²) in [7, 11) is 0. The molecular formula is C18H14Br2INO4. The van der Waals surface area contributed by atoms with Crippen LogP contribution in [0.4, 0.5) is 0 Å². The normalized spacial score (nSPS) is 11.2. The lowest BCUT2D eigenvalue weighted by Gasteiger charge is -2.12. The largest absolute Gasteiger partial charge is 0.487 e. The first-order valence-electron chi connectivity index (χ1n) is 7.35. The molecule has 0 aromatic heterocycles.